The van der Waals surface area contributed by atoms with Gasteiger partial charge in [0, 0.05) is 51.7 Å². The summed E-state index contributed by atoms with van der Waals surface area (Å²) in [4.78, 5) is 9.85. The lowest BCUT2D eigenvalue weighted by Gasteiger charge is -2.29. The molecule has 2 fully saturated rings. The van der Waals surface area contributed by atoms with Gasteiger partial charge in [0.05, 0.1) is 26.4 Å². The quantitative estimate of drug-likeness (QED) is 0.302. The Labute approximate surface area is 199 Å². The van der Waals surface area contributed by atoms with Crippen LogP contribution in [0.1, 0.15) is 25.8 Å². The van der Waals surface area contributed by atoms with Crippen molar-refractivity contribution in [3.05, 3.63) is 35.9 Å². The molecule has 1 aromatic carbocycles. The smallest absolute Gasteiger partial charge is 0.193 e. The van der Waals surface area contributed by atoms with Crippen LogP contribution in [-0.2, 0) is 16.1 Å². The third-order valence-electron chi connectivity index (χ3n) is 5.61. The molecule has 2 aliphatic heterocycles. The largest absolute Gasteiger partial charge is 0.379 e. The highest BCUT2D eigenvalue weighted by Gasteiger charge is 2.25. The average Bonchev–Trinajstić information content (AvgIpc) is 3.21. The van der Waals surface area contributed by atoms with Crippen LogP contribution in [0.3, 0.4) is 0 Å². The molecule has 30 heavy (non-hydrogen) atoms. The summed E-state index contributed by atoms with van der Waals surface area (Å²) in [7, 11) is 0. The minimum Gasteiger partial charge on any atom is -0.379 e. The van der Waals surface area contributed by atoms with E-state index in [1.165, 1.54) is 12.0 Å². The molecule has 2 atom stereocenters. The van der Waals surface area contributed by atoms with Crippen LogP contribution in [-0.4, -0.2) is 81.4 Å². The van der Waals surface area contributed by atoms with Crippen LogP contribution >= 0.6 is 24.0 Å². The molecule has 0 aromatic heterocycles. The zero-order valence-electron chi connectivity index (χ0n) is 18.6. The fourth-order valence-electron chi connectivity index (χ4n) is 4.03. The van der Waals surface area contributed by atoms with Gasteiger partial charge in [0.15, 0.2) is 5.96 Å². The van der Waals surface area contributed by atoms with Gasteiger partial charge in [-0.15, -0.1) is 24.0 Å². The third kappa shape index (κ3) is 8.69. The van der Waals surface area contributed by atoms with Crippen molar-refractivity contribution in [2.75, 3.05) is 65.6 Å². The first kappa shape index (κ1) is 25.4. The van der Waals surface area contributed by atoms with Gasteiger partial charge in [0.1, 0.15) is 0 Å². The van der Waals surface area contributed by atoms with Gasteiger partial charge in [-0.3, -0.25) is 9.89 Å². The number of benzene rings is 1. The van der Waals surface area contributed by atoms with Gasteiger partial charge in [-0.1, -0.05) is 37.3 Å². The van der Waals surface area contributed by atoms with Crippen LogP contribution < -0.4 is 5.32 Å². The average molecular weight is 530 g/mol. The molecule has 0 amide bonds. The summed E-state index contributed by atoms with van der Waals surface area (Å²) in [5.74, 6) is 2.19. The van der Waals surface area contributed by atoms with E-state index >= 15 is 0 Å². The van der Waals surface area contributed by atoms with E-state index in [9.17, 15) is 0 Å². The van der Waals surface area contributed by atoms with Crippen molar-refractivity contribution in [1.82, 2.24) is 15.1 Å². The molecule has 1 N–H and O–H groups in total. The van der Waals surface area contributed by atoms with Gasteiger partial charge in [-0.05, 0) is 24.8 Å². The van der Waals surface area contributed by atoms with E-state index in [-0.39, 0.29) is 24.0 Å². The number of guanidine groups is 1. The van der Waals surface area contributed by atoms with Crippen LogP contribution in [0.2, 0.25) is 0 Å². The molecular weight excluding hydrogens is 491 g/mol. The molecule has 0 saturated carbocycles. The number of aliphatic imine (C=N–C) groups is 1. The molecule has 0 bridgehead atoms. The maximum atomic E-state index is 5.97. The maximum absolute atomic E-state index is 5.97. The van der Waals surface area contributed by atoms with Gasteiger partial charge in [-0.2, -0.15) is 0 Å². The van der Waals surface area contributed by atoms with Crippen molar-refractivity contribution in [3.63, 3.8) is 0 Å². The van der Waals surface area contributed by atoms with E-state index in [0.29, 0.717) is 18.4 Å². The van der Waals surface area contributed by atoms with Crippen LogP contribution in [0.15, 0.2) is 35.3 Å². The lowest BCUT2D eigenvalue weighted by molar-refractivity contribution is 0.0323. The highest BCUT2D eigenvalue weighted by molar-refractivity contribution is 14.0. The van der Waals surface area contributed by atoms with E-state index in [2.05, 4.69) is 53.2 Å². The maximum Gasteiger partial charge on any atom is 0.193 e. The Hall–Kier alpha value is -0.900. The summed E-state index contributed by atoms with van der Waals surface area (Å²) in [6.45, 7) is 14.7. The summed E-state index contributed by atoms with van der Waals surface area (Å²) in [5.41, 5.74) is 1.24. The van der Waals surface area contributed by atoms with Crippen molar-refractivity contribution in [2.45, 2.75) is 26.9 Å². The van der Waals surface area contributed by atoms with Gasteiger partial charge in [0.2, 0.25) is 0 Å². The van der Waals surface area contributed by atoms with Crippen molar-refractivity contribution in [3.8, 4) is 0 Å². The highest BCUT2D eigenvalue weighted by atomic mass is 127. The van der Waals surface area contributed by atoms with E-state index in [1.54, 1.807) is 0 Å². The molecule has 0 spiro atoms. The minimum atomic E-state index is 0. The third-order valence-corrected chi connectivity index (χ3v) is 5.61. The lowest BCUT2D eigenvalue weighted by Crippen LogP contribution is -2.41. The number of ether oxygens (including phenoxy) is 2. The van der Waals surface area contributed by atoms with Gasteiger partial charge >= 0.3 is 0 Å². The summed E-state index contributed by atoms with van der Waals surface area (Å²) in [6.07, 6.45) is 1.17. The number of nitrogens with one attached hydrogen (secondary N) is 1. The summed E-state index contributed by atoms with van der Waals surface area (Å²) < 4.78 is 11.4. The first-order chi connectivity index (χ1) is 14.2. The second-order valence-electron chi connectivity index (χ2n) is 8.31. The van der Waals surface area contributed by atoms with Gasteiger partial charge in [0.25, 0.3) is 0 Å². The number of halogens is 1. The molecule has 2 aliphatic rings. The molecule has 0 aliphatic carbocycles. The number of hydrogen-bond acceptors (Lipinski definition) is 4. The summed E-state index contributed by atoms with van der Waals surface area (Å²) in [5, 5.41) is 3.49. The molecule has 6 nitrogen and oxygen atoms in total. The molecule has 2 unspecified atom stereocenters. The first-order valence-corrected chi connectivity index (χ1v) is 11.2. The number of rotatable bonds is 9. The molecular formula is C23H39IN4O2. The number of morpholine rings is 1. The topological polar surface area (TPSA) is 49.3 Å². The van der Waals surface area contributed by atoms with Crippen LogP contribution in [0.25, 0.3) is 0 Å². The summed E-state index contributed by atoms with van der Waals surface area (Å²) in [6, 6.07) is 10.4. The number of nitrogens with zero attached hydrogens (tertiary/aromatic N) is 3. The van der Waals surface area contributed by atoms with Crippen molar-refractivity contribution >= 4 is 29.9 Å². The predicted octanol–water partition coefficient (Wildman–Crippen LogP) is 3.08. The zero-order chi connectivity index (χ0) is 20.3. The molecule has 1 aromatic rings. The van der Waals surface area contributed by atoms with Crippen molar-refractivity contribution in [2.24, 2.45) is 16.8 Å². The molecule has 2 saturated heterocycles. The van der Waals surface area contributed by atoms with Gasteiger partial charge in [-0.25, -0.2) is 0 Å². The molecule has 3 rings (SSSR count). The van der Waals surface area contributed by atoms with Crippen molar-refractivity contribution in [1.29, 1.82) is 0 Å². The molecule has 7 heteroatoms. The Balaban J connectivity index is 0.00000320. The Kier molecular flexibility index (Phi) is 12.0. The van der Waals surface area contributed by atoms with E-state index in [4.69, 9.17) is 14.5 Å². The SMILES string of the molecule is CCNC(=NCC(C)CN1CCOCC1)N1CCC(COCc2ccccc2)C1.I. The Morgan fingerprint density at radius 3 is 2.73 bits per heavy atom. The molecule has 170 valence electrons. The Morgan fingerprint density at radius 1 is 1.23 bits per heavy atom. The first-order valence-electron chi connectivity index (χ1n) is 11.2. The van der Waals surface area contributed by atoms with Gasteiger partial charge < -0.3 is 19.7 Å². The van der Waals surface area contributed by atoms with E-state index < -0.39 is 0 Å². The number of hydrogen-bond donors (Lipinski definition) is 1. The van der Waals surface area contributed by atoms with Crippen LogP contribution in [0.4, 0.5) is 0 Å². The lowest BCUT2D eigenvalue weighted by atomic mass is 10.1. The normalized spacial score (nSPS) is 21.3. The molecule has 0 radical (unpaired) electrons. The standard InChI is InChI=1S/C23H38N4O2.HI/c1-3-24-23(25-15-20(2)16-26-11-13-28-14-12-26)27-10-9-22(17-27)19-29-18-21-7-5-4-6-8-21;/h4-8,20,22H,3,9-19H2,1-2H3,(H,24,25);1H. The fraction of sp³-hybridized carbons (Fsp3) is 0.696. The van der Waals surface area contributed by atoms with Crippen LogP contribution in [0.5, 0.6) is 0 Å². The second kappa shape index (κ2) is 14.2. The Morgan fingerprint density at radius 2 is 2.00 bits per heavy atom. The number of likely N-dealkylation sites (tertiary alicyclic amines) is 1. The summed E-state index contributed by atoms with van der Waals surface area (Å²) >= 11 is 0. The highest BCUT2D eigenvalue weighted by Crippen LogP contribution is 2.17. The fourth-order valence-corrected chi connectivity index (χ4v) is 4.03. The minimum absolute atomic E-state index is 0. The zero-order valence-corrected chi connectivity index (χ0v) is 20.9. The monoisotopic (exact) mass is 530 g/mol. The van der Waals surface area contributed by atoms with E-state index in [0.717, 1.165) is 71.6 Å². The van der Waals surface area contributed by atoms with Crippen LogP contribution in [0, 0.1) is 11.8 Å². The predicted molar refractivity (Wildman–Crippen MR) is 134 cm³/mol. The van der Waals surface area contributed by atoms with E-state index in [1.807, 2.05) is 6.07 Å². The van der Waals surface area contributed by atoms with Crippen molar-refractivity contribution < 1.29 is 9.47 Å². The molecule has 2 heterocycles. The second-order valence-corrected chi connectivity index (χ2v) is 8.31. The Bertz CT molecular complexity index is 610.